The summed E-state index contributed by atoms with van der Waals surface area (Å²) in [6, 6.07) is 10.5. The summed E-state index contributed by atoms with van der Waals surface area (Å²) in [6.45, 7) is 2.25. The van der Waals surface area contributed by atoms with Gasteiger partial charge in [-0.2, -0.15) is 0 Å². The second-order valence-electron chi connectivity index (χ2n) is 8.18. The lowest BCUT2D eigenvalue weighted by Crippen LogP contribution is -2.52. The van der Waals surface area contributed by atoms with Gasteiger partial charge in [0.05, 0.1) is 0 Å². The molecule has 0 saturated carbocycles. The molecule has 2 aromatic rings. The highest BCUT2D eigenvalue weighted by Gasteiger charge is 2.41. The largest absolute Gasteiger partial charge is 0.487 e. The van der Waals surface area contributed by atoms with E-state index >= 15 is 0 Å². The number of fused-ring (bicyclic) bond motifs is 1. The van der Waals surface area contributed by atoms with Gasteiger partial charge in [-0.15, -0.1) is 0 Å². The van der Waals surface area contributed by atoms with E-state index in [0.717, 1.165) is 69.5 Å². The number of carbonyl (C=O) groups excluding carboxylic acids is 1. The van der Waals surface area contributed by atoms with E-state index in [9.17, 15) is 4.79 Å². The summed E-state index contributed by atoms with van der Waals surface area (Å²) in [5.41, 5.74) is 3.45. The summed E-state index contributed by atoms with van der Waals surface area (Å²) >= 11 is 0. The van der Waals surface area contributed by atoms with Crippen molar-refractivity contribution in [1.29, 1.82) is 0 Å². The number of aromatic nitrogens is 1. The highest BCUT2D eigenvalue weighted by Crippen LogP contribution is 2.41. The molecular formula is C23H26N2O3. The molecule has 5 heteroatoms. The fraction of sp³-hybridized carbons (Fsp3) is 0.478. The van der Waals surface area contributed by atoms with Crippen LogP contribution in [0.15, 0.2) is 42.7 Å². The third kappa shape index (κ3) is 3.28. The summed E-state index contributed by atoms with van der Waals surface area (Å²) in [6.07, 6.45) is 9.16. The molecule has 4 heterocycles. The third-order valence-electron chi connectivity index (χ3n) is 6.42. The lowest BCUT2D eigenvalue weighted by molar-refractivity contribution is -0.144. The van der Waals surface area contributed by atoms with Crippen molar-refractivity contribution in [3.8, 4) is 16.9 Å². The standard InChI is InChI=1S/C23H26N2O3/c26-22(21-4-2-14-27-21)25-12-9-23(10-13-25)8-7-18-15-17(5-6-20(18)28-23)19-3-1-11-24-16-19/h1,3,5-6,11,15-16,21H,2,4,7-10,12-14H2/t21-/m1/s1. The number of hydrogen-bond donors (Lipinski definition) is 0. The van der Waals surface area contributed by atoms with Gasteiger partial charge in [0, 0.05) is 50.5 Å². The fourth-order valence-electron chi connectivity index (χ4n) is 4.70. The Hall–Kier alpha value is -2.40. The first-order valence-electron chi connectivity index (χ1n) is 10.4. The number of hydrogen-bond acceptors (Lipinski definition) is 4. The van der Waals surface area contributed by atoms with Crippen molar-refractivity contribution in [1.82, 2.24) is 9.88 Å². The fourth-order valence-corrected chi connectivity index (χ4v) is 4.70. The van der Waals surface area contributed by atoms with Crippen LogP contribution in [0.4, 0.5) is 0 Å². The first-order chi connectivity index (χ1) is 13.7. The SMILES string of the molecule is O=C([C@H]1CCCO1)N1CCC2(CCc3cc(-c4cccnc4)ccc3O2)CC1. The Labute approximate surface area is 165 Å². The molecule has 2 fully saturated rings. The lowest BCUT2D eigenvalue weighted by Gasteiger charge is -2.45. The van der Waals surface area contributed by atoms with Crippen LogP contribution in [0.25, 0.3) is 11.1 Å². The van der Waals surface area contributed by atoms with E-state index in [4.69, 9.17) is 9.47 Å². The second kappa shape index (κ2) is 7.21. The quantitative estimate of drug-likeness (QED) is 0.801. The van der Waals surface area contributed by atoms with Crippen molar-refractivity contribution in [2.45, 2.75) is 50.2 Å². The highest BCUT2D eigenvalue weighted by molar-refractivity contribution is 5.81. The van der Waals surface area contributed by atoms with E-state index in [2.05, 4.69) is 29.2 Å². The van der Waals surface area contributed by atoms with Gasteiger partial charge in [0.25, 0.3) is 5.91 Å². The number of pyridine rings is 1. The van der Waals surface area contributed by atoms with Gasteiger partial charge in [0.2, 0.25) is 0 Å². The molecule has 0 radical (unpaired) electrons. The maximum atomic E-state index is 12.6. The predicted octanol–water partition coefficient (Wildman–Crippen LogP) is 3.61. The van der Waals surface area contributed by atoms with Crippen molar-refractivity contribution in [2.24, 2.45) is 0 Å². The summed E-state index contributed by atoms with van der Waals surface area (Å²) in [4.78, 5) is 18.8. The van der Waals surface area contributed by atoms with Crippen LogP contribution < -0.4 is 4.74 Å². The summed E-state index contributed by atoms with van der Waals surface area (Å²) in [7, 11) is 0. The number of benzene rings is 1. The van der Waals surface area contributed by atoms with E-state index in [1.54, 1.807) is 6.20 Å². The average molecular weight is 378 g/mol. The molecule has 1 aromatic heterocycles. The van der Waals surface area contributed by atoms with Gasteiger partial charge in [-0.05, 0) is 55.0 Å². The van der Waals surface area contributed by atoms with Gasteiger partial charge in [-0.25, -0.2) is 0 Å². The number of likely N-dealkylation sites (tertiary alicyclic amines) is 1. The van der Waals surface area contributed by atoms with E-state index in [1.165, 1.54) is 11.1 Å². The number of amides is 1. The van der Waals surface area contributed by atoms with Crippen molar-refractivity contribution in [3.63, 3.8) is 0 Å². The van der Waals surface area contributed by atoms with Crippen LogP contribution in [0.2, 0.25) is 0 Å². The van der Waals surface area contributed by atoms with Crippen molar-refractivity contribution in [2.75, 3.05) is 19.7 Å². The Morgan fingerprint density at radius 3 is 2.79 bits per heavy atom. The van der Waals surface area contributed by atoms with E-state index in [0.29, 0.717) is 0 Å². The van der Waals surface area contributed by atoms with Crippen molar-refractivity contribution < 1.29 is 14.3 Å². The van der Waals surface area contributed by atoms with Gasteiger partial charge < -0.3 is 14.4 Å². The van der Waals surface area contributed by atoms with Crippen LogP contribution in [-0.4, -0.2) is 47.2 Å². The maximum absolute atomic E-state index is 12.6. The first-order valence-corrected chi connectivity index (χ1v) is 10.4. The number of rotatable bonds is 2. The number of aryl methyl sites for hydroxylation is 1. The molecule has 0 N–H and O–H groups in total. The summed E-state index contributed by atoms with van der Waals surface area (Å²) in [5, 5.41) is 0. The molecule has 5 nitrogen and oxygen atoms in total. The van der Waals surface area contributed by atoms with Crippen LogP contribution in [-0.2, 0) is 16.0 Å². The lowest BCUT2D eigenvalue weighted by atomic mass is 9.82. The first kappa shape index (κ1) is 17.7. The second-order valence-corrected chi connectivity index (χ2v) is 8.18. The number of piperidine rings is 1. The monoisotopic (exact) mass is 378 g/mol. The molecule has 1 aromatic carbocycles. The molecule has 3 aliphatic rings. The van der Waals surface area contributed by atoms with Crippen LogP contribution in [0.3, 0.4) is 0 Å². The maximum Gasteiger partial charge on any atom is 0.251 e. The van der Waals surface area contributed by atoms with E-state index in [-0.39, 0.29) is 17.6 Å². The van der Waals surface area contributed by atoms with Crippen molar-refractivity contribution in [3.05, 3.63) is 48.3 Å². The summed E-state index contributed by atoms with van der Waals surface area (Å²) < 4.78 is 12.1. The minimum absolute atomic E-state index is 0.129. The Morgan fingerprint density at radius 1 is 1.14 bits per heavy atom. The van der Waals surface area contributed by atoms with Crippen LogP contribution in [0, 0.1) is 0 Å². The molecule has 1 atom stereocenters. The van der Waals surface area contributed by atoms with Gasteiger partial charge in [0.15, 0.2) is 0 Å². The molecule has 0 unspecified atom stereocenters. The Morgan fingerprint density at radius 2 is 2.04 bits per heavy atom. The molecule has 0 aliphatic carbocycles. The van der Waals surface area contributed by atoms with Crippen LogP contribution in [0.5, 0.6) is 5.75 Å². The zero-order valence-electron chi connectivity index (χ0n) is 16.1. The zero-order chi connectivity index (χ0) is 19.0. The Bertz CT molecular complexity index is 853. The third-order valence-corrected chi connectivity index (χ3v) is 6.42. The van der Waals surface area contributed by atoms with Crippen LogP contribution >= 0.6 is 0 Å². The van der Waals surface area contributed by atoms with Gasteiger partial charge in [-0.3, -0.25) is 9.78 Å². The summed E-state index contributed by atoms with van der Waals surface area (Å²) in [5.74, 6) is 1.17. The molecule has 5 rings (SSSR count). The number of ether oxygens (including phenoxy) is 2. The molecule has 0 bridgehead atoms. The average Bonchev–Trinajstić information content (AvgIpc) is 3.29. The zero-order valence-corrected chi connectivity index (χ0v) is 16.1. The normalized spacial score (nSPS) is 23.3. The molecule has 3 aliphatic heterocycles. The number of nitrogens with zero attached hydrogens (tertiary/aromatic N) is 2. The van der Waals surface area contributed by atoms with Gasteiger partial charge in [0.1, 0.15) is 17.5 Å². The molecular weight excluding hydrogens is 352 g/mol. The van der Waals surface area contributed by atoms with E-state index < -0.39 is 0 Å². The van der Waals surface area contributed by atoms with Gasteiger partial charge >= 0.3 is 0 Å². The number of carbonyl (C=O) groups is 1. The van der Waals surface area contributed by atoms with Crippen molar-refractivity contribution >= 4 is 5.91 Å². The highest BCUT2D eigenvalue weighted by atomic mass is 16.5. The predicted molar refractivity (Wildman–Crippen MR) is 106 cm³/mol. The minimum atomic E-state index is -0.215. The molecule has 2 saturated heterocycles. The molecule has 1 amide bonds. The van der Waals surface area contributed by atoms with Crippen LogP contribution in [0.1, 0.15) is 37.7 Å². The topological polar surface area (TPSA) is 51.7 Å². The smallest absolute Gasteiger partial charge is 0.251 e. The molecule has 1 spiro atoms. The minimum Gasteiger partial charge on any atom is -0.487 e. The molecule has 28 heavy (non-hydrogen) atoms. The Balaban J connectivity index is 1.27. The Kier molecular flexibility index (Phi) is 4.55. The van der Waals surface area contributed by atoms with E-state index in [1.807, 2.05) is 17.2 Å². The van der Waals surface area contributed by atoms with Gasteiger partial charge in [-0.1, -0.05) is 12.1 Å². The molecule has 146 valence electrons.